The van der Waals surface area contributed by atoms with Crippen molar-refractivity contribution < 1.29 is 28.5 Å². The Morgan fingerprint density at radius 1 is 1.23 bits per heavy atom. The number of carbonyl (C=O) groups excluding carboxylic acids is 2. The summed E-state index contributed by atoms with van der Waals surface area (Å²) in [6.07, 6.45) is 3.00. The van der Waals surface area contributed by atoms with Crippen LogP contribution in [0.5, 0.6) is 5.75 Å². The maximum atomic E-state index is 13.4. The van der Waals surface area contributed by atoms with Crippen LogP contribution >= 0.6 is 22.9 Å². The highest BCUT2D eigenvalue weighted by Crippen LogP contribution is 2.31. The zero-order valence-corrected chi connectivity index (χ0v) is 20.6. The van der Waals surface area contributed by atoms with Crippen molar-refractivity contribution in [3.63, 3.8) is 0 Å². The summed E-state index contributed by atoms with van der Waals surface area (Å²) in [5, 5.41) is 0.490. The third kappa shape index (κ3) is 5.64. The minimum Gasteiger partial charge on any atom is -0.467 e. The number of hydrogen-bond donors (Lipinski definition) is 0. The Bertz CT molecular complexity index is 1440. The average molecular weight is 516 g/mol. The number of fused-ring (bicyclic) bond motifs is 1. The molecule has 0 N–H and O–H groups in total. The molecule has 0 atom stereocenters. The van der Waals surface area contributed by atoms with Gasteiger partial charge in [0.25, 0.3) is 5.56 Å². The molecule has 1 aliphatic heterocycles. The fraction of sp³-hybridized carbons (Fsp3) is 0.240. The Hall–Kier alpha value is -3.40. The van der Waals surface area contributed by atoms with Gasteiger partial charge in [0.15, 0.2) is 6.79 Å². The second kappa shape index (κ2) is 10.9. The number of methoxy groups -OCH3 is 1. The minimum atomic E-state index is -0.547. The summed E-state index contributed by atoms with van der Waals surface area (Å²) < 4.78 is 23.1. The lowest BCUT2D eigenvalue weighted by molar-refractivity contribution is -0.135. The van der Waals surface area contributed by atoms with Crippen molar-refractivity contribution in [1.29, 1.82) is 0 Å². The van der Waals surface area contributed by atoms with Crippen LogP contribution in [-0.2, 0) is 32.2 Å². The van der Waals surface area contributed by atoms with Crippen molar-refractivity contribution in [2.75, 3.05) is 20.5 Å². The van der Waals surface area contributed by atoms with E-state index in [9.17, 15) is 14.4 Å². The average Bonchev–Trinajstić information content (AvgIpc) is 3.12. The van der Waals surface area contributed by atoms with Crippen LogP contribution in [0.3, 0.4) is 0 Å². The Morgan fingerprint density at radius 3 is 2.71 bits per heavy atom. The number of carbonyl (C=O) groups is 2. The number of halogens is 1. The maximum Gasteiger partial charge on any atom is 0.337 e. The van der Waals surface area contributed by atoms with Crippen LogP contribution in [0.25, 0.3) is 12.2 Å². The molecule has 2 aromatic carbocycles. The molecule has 1 aromatic heterocycles. The van der Waals surface area contributed by atoms with Crippen LogP contribution < -0.4 is 19.5 Å². The smallest absolute Gasteiger partial charge is 0.337 e. The summed E-state index contributed by atoms with van der Waals surface area (Å²) in [4.78, 5) is 37.3. The molecule has 0 aliphatic carbocycles. The van der Waals surface area contributed by atoms with Gasteiger partial charge >= 0.3 is 11.9 Å². The third-order valence-corrected chi connectivity index (χ3v) is 6.45. The fourth-order valence-electron chi connectivity index (χ4n) is 3.61. The van der Waals surface area contributed by atoms with E-state index in [-0.39, 0.29) is 25.5 Å². The van der Waals surface area contributed by atoms with E-state index in [0.717, 1.165) is 16.9 Å². The van der Waals surface area contributed by atoms with Crippen molar-refractivity contribution in [2.45, 2.75) is 20.1 Å². The van der Waals surface area contributed by atoms with Gasteiger partial charge in [0.2, 0.25) is 0 Å². The number of rotatable bonds is 6. The molecule has 0 unspecified atom stereocenters. The van der Waals surface area contributed by atoms with Crippen molar-refractivity contribution in [2.24, 2.45) is 0 Å². The monoisotopic (exact) mass is 515 g/mol. The van der Waals surface area contributed by atoms with Crippen molar-refractivity contribution in [3.8, 4) is 5.75 Å². The Kier molecular flexibility index (Phi) is 7.70. The Morgan fingerprint density at radius 2 is 2.00 bits per heavy atom. The van der Waals surface area contributed by atoms with E-state index in [0.29, 0.717) is 43.3 Å². The molecule has 3 aromatic rings. The number of esters is 2. The normalized spacial score (nSPS) is 13.8. The second-order valence-electron chi connectivity index (χ2n) is 7.51. The zero-order chi connectivity index (χ0) is 24.9. The van der Waals surface area contributed by atoms with E-state index in [1.54, 1.807) is 49.4 Å². The van der Waals surface area contributed by atoms with Gasteiger partial charge in [-0.05, 0) is 42.8 Å². The SMILES string of the molecule is CCOC(=O)/C=c1\s/c(=C\c2ccc(C(=O)OC)cc2)c(=O)n1Cc1cc(Cl)cc2c1OCOC2. The standard InChI is InChI=1S/C25H22ClNO7S/c1-3-33-22(28)11-21-27(12-17-9-19(26)10-18-13-32-14-34-23(17)18)24(29)20(35-21)8-15-4-6-16(7-5-15)25(30)31-2/h4-11H,3,12-14H2,1-2H3/b20-8-,21-11-. The molecule has 35 heavy (non-hydrogen) atoms. The summed E-state index contributed by atoms with van der Waals surface area (Å²) in [7, 11) is 1.31. The van der Waals surface area contributed by atoms with Crippen LogP contribution in [0.1, 0.15) is 34.0 Å². The Labute approximate surface area is 209 Å². The molecule has 0 radical (unpaired) electrons. The van der Waals surface area contributed by atoms with E-state index in [1.807, 2.05) is 0 Å². The fourth-order valence-corrected chi connectivity index (χ4v) is 4.90. The van der Waals surface area contributed by atoms with Gasteiger partial charge in [-0.2, -0.15) is 0 Å². The van der Waals surface area contributed by atoms with Crippen molar-refractivity contribution in [3.05, 3.63) is 83.2 Å². The molecule has 0 fully saturated rings. The lowest BCUT2D eigenvalue weighted by atomic mass is 10.1. The lowest BCUT2D eigenvalue weighted by Gasteiger charge is -2.21. The molecule has 0 spiro atoms. The molecule has 1 aliphatic rings. The zero-order valence-electron chi connectivity index (χ0n) is 19.0. The molecular formula is C25H22ClNO7S. The van der Waals surface area contributed by atoms with Gasteiger partial charge in [0.1, 0.15) is 10.4 Å². The van der Waals surface area contributed by atoms with Gasteiger partial charge in [-0.1, -0.05) is 23.7 Å². The van der Waals surface area contributed by atoms with Crippen molar-refractivity contribution in [1.82, 2.24) is 4.57 Å². The number of hydrogen-bond acceptors (Lipinski definition) is 8. The highest BCUT2D eigenvalue weighted by molar-refractivity contribution is 7.07. The third-order valence-electron chi connectivity index (χ3n) is 5.17. The van der Waals surface area contributed by atoms with Crippen molar-refractivity contribution >= 4 is 47.0 Å². The highest BCUT2D eigenvalue weighted by Gasteiger charge is 2.18. The van der Waals surface area contributed by atoms with Gasteiger partial charge in [0.05, 0.1) is 43.0 Å². The molecule has 0 bridgehead atoms. The number of benzene rings is 2. The van der Waals surface area contributed by atoms with Gasteiger partial charge in [-0.25, -0.2) is 9.59 Å². The van der Waals surface area contributed by atoms with Crippen LogP contribution in [0.15, 0.2) is 41.2 Å². The number of thiazole rings is 1. The second-order valence-corrected chi connectivity index (χ2v) is 9.01. The summed E-state index contributed by atoms with van der Waals surface area (Å²) >= 11 is 7.45. The minimum absolute atomic E-state index is 0.0998. The molecule has 0 amide bonds. The number of ether oxygens (including phenoxy) is 4. The molecule has 10 heteroatoms. The number of aromatic nitrogens is 1. The number of nitrogens with zero attached hydrogens (tertiary/aromatic N) is 1. The van der Waals surface area contributed by atoms with Gasteiger partial charge in [-0.3, -0.25) is 9.36 Å². The van der Waals surface area contributed by atoms with E-state index < -0.39 is 11.9 Å². The first-order valence-electron chi connectivity index (χ1n) is 10.7. The van der Waals surface area contributed by atoms with Gasteiger partial charge in [0, 0.05) is 16.1 Å². The predicted octanol–water partition coefficient (Wildman–Crippen LogP) is 2.44. The summed E-state index contributed by atoms with van der Waals surface area (Å²) in [6.45, 7) is 2.51. The largest absolute Gasteiger partial charge is 0.467 e. The molecule has 4 rings (SSSR count). The van der Waals surface area contributed by atoms with Crippen LogP contribution in [0.4, 0.5) is 0 Å². The molecule has 0 saturated heterocycles. The molecular weight excluding hydrogens is 494 g/mol. The summed E-state index contributed by atoms with van der Waals surface area (Å²) in [6, 6.07) is 10.2. The van der Waals surface area contributed by atoms with Crippen LogP contribution in [0.2, 0.25) is 5.02 Å². The molecule has 182 valence electrons. The predicted molar refractivity (Wildman–Crippen MR) is 131 cm³/mol. The topological polar surface area (TPSA) is 93.1 Å². The molecule has 0 saturated carbocycles. The van der Waals surface area contributed by atoms with Gasteiger partial charge in [-0.15, -0.1) is 11.3 Å². The maximum absolute atomic E-state index is 13.4. The first-order valence-corrected chi connectivity index (χ1v) is 11.9. The first-order chi connectivity index (χ1) is 16.9. The Balaban J connectivity index is 1.81. The quantitative estimate of drug-likeness (QED) is 0.465. The van der Waals surface area contributed by atoms with E-state index >= 15 is 0 Å². The summed E-state index contributed by atoms with van der Waals surface area (Å²) in [5.41, 5.74) is 2.31. The lowest BCUT2D eigenvalue weighted by Crippen LogP contribution is -2.32. The van der Waals surface area contributed by atoms with Crippen LogP contribution in [-0.4, -0.2) is 37.0 Å². The van der Waals surface area contributed by atoms with E-state index in [1.165, 1.54) is 17.8 Å². The highest BCUT2D eigenvalue weighted by atomic mass is 35.5. The first kappa shape index (κ1) is 24.7. The molecule has 2 heterocycles. The molecule has 8 nitrogen and oxygen atoms in total. The van der Waals surface area contributed by atoms with Gasteiger partial charge < -0.3 is 18.9 Å². The van der Waals surface area contributed by atoms with Crippen LogP contribution in [0, 0.1) is 0 Å². The van der Waals surface area contributed by atoms with E-state index in [2.05, 4.69) is 0 Å². The van der Waals surface area contributed by atoms with E-state index in [4.69, 9.17) is 30.5 Å². The summed E-state index contributed by atoms with van der Waals surface area (Å²) in [5.74, 6) is -0.377.